The van der Waals surface area contributed by atoms with E-state index in [0.29, 0.717) is 6.04 Å². The maximum atomic E-state index is 6.05. The lowest BCUT2D eigenvalue weighted by molar-refractivity contribution is 0.299. The fraction of sp³-hybridized carbons (Fsp3) is 0.600. The first kappa shape index (κ1) is 13.9. The van der Waals surface area contributed by atoms with Gasteiger partial charge in [0.1, 0.15) is 0 Å². The summed E-state index contributed by atoms with van der Waals surface area (Å²) in [6, 6.07) is 8.55. The standard InChI is InChI=1S/C15H23ClN2/c1-17-15(13-4-3-5-14(16)10-13)8-9-18(2)11-12-6-7-12/h3-5,10,12,15,17H,6-9,11H2,1-2H3. The third-order valence-corrected chi connectivity index (χ3v) is 3.90. The molecule has 1 aliphatic rings. The van der Waals surface area contributed by atoms with E-state index in [9.17, 15) is 0 Å². The highest BCUT2D eigenvalue weighted by Crippen LogP contribution is 2.29. The van der Waals surface area contributed by atoms with Crippen LogP contribution in [0, 0.1) is 5.92 Å². The summed E-state index contributed by atoms with van der Waals surface area (Å²) >= 11 is 6.05. The first-order valence-electron chi connectivity index (χ1n) is 6.80. The van der Waals surface area contributed by atoms with Gasteiger partial charge in [0.2, 0.25) is 0 Å². The quantitative estimate of drug-likeness (QED) is 0.814. The summed E-state index contributed by atoms with van der Waals surface area (Å²) in [5.41, 5.74) is 1.28. The summed E-state index contributed by atoms with van der Waals surface area (Å²) < 4.78 is 0. The van der Waals surface area contributed by atoms with Gasteiger partial charge < -0.3 is 10.2 Å². The lowest BCUT2D eigenvalue weighted by Gasteiger charge is -2.21. The monoisotopic (exact) mass is 266 g/mol. The van der Waals surface area contributed by atoms with Crippen LogP contribution in [0.15, 0.2) is 24.3 Å². The Bertz CT molecular complexity index is 377. The summed E-state index contributed by atoms with van der Waals surface area (Å²) in [7, 11) is 4.25. The predicted octanol–water partition coefficient (Wildman–Crippen LogP) is 3.33. The van der Waals surface area contributed by atoms with Gasteiger partial charge in [0.15, 0.2) is 0 Å². The van der Waals surface area contributed by atoms with Crippen LogP contribution in [0.4, 0.5) is 0 Å². The lowest BCUT2D eigenvalue weighted by Crippen LogP contribution is -2.27. The van der Waals surface area contributed by atoms with Crippen molar-refractivity contribution >= 4 is 11.6 Å². The smallest absolute Gasteiger partial charge is 0.0409 e. The Kier molecular flexibility index (Phi) is 5.04. The molecule has 0 aliphatic heterocycles. The van der Waals surface area contributed by atoms with E-state index in [4.69, 9.17) is 11.6 Å². The van der Waals surface area contributed by atoms with Gasteiger partial charge in [0.05, 0.1) is 0 Å². The van der Waals surface area contributed by atoms with Gasteiger partial charge in [-0.15, -0.1) is 0 Å². The van der Waals surface area contributed by atoms with E-state index in [1.165, 1.54) is 24.9 Å². The third kappa shape index (κ3) is 4.27. The molecule has 0 amide bonds. The zero-order chi connectivity index (χ0) is 13.0. The molecule has 3 heteroatoms. The molecular weight excluding hydrogens is 244 g/mol. The number of hydrogen-bond acceptors (Lipinski definition) is 2. The second-order valence-corrected chi connectivity index (χ2v) is 5.83. The predicted molar refractivity (Wildman–Crippen MR) is 78.1 cm³/mol. The second kappa shape index (κ2) is 6.55. The average Bonchev–Trinajstić information content (AvgIpc) is 3.14. The number of rotatable bonds is 7. The minimum Gasteiger partial charge on any atom is -0.313 e. The van der Waals surface area contributed by atoms with E-state index in [0.717, 1.165) is 23.9 Å². The Morgan fingerprint density at radius 1 is 1.44 bits per heavy atom. The van der Waals surface area contributed by atoms with Crippen LogP contribution < -0.4 is 5.32 Å². The Morgan fingerprint density at radius 2 is 2.22 bits per heavy atom. The summed E-state index contributed by atoms with van der Waals surface area (Å²) in [6.07, 6.45) is 3.97. The topological polar surface area (TPSA) is 15.3 Å². The Morgan fingerprint density at radius 3 is 2.83 bits per heavy atom. The van der Waals surface area contributed by atoms with Crippen molar-refractivity contribution in [1.29, 1.82) is 0 Å². The van der Waals surface area contributed by atoms with Crippen LogP contribution in [0.5, 0.6) is 0 Å². The maximum absolute atomic E-state index is 6.05. The van der Waals surface area contributed by atoms with Gasteiger partial charge in [-0.3, -0.25) is 0 Å². The van der Waals surface area contributed by atoms with E-state index >= 15 is 0 Å². The van der Waals surface area contributed by atoms with Crippen molar-refractivity contribution in [2.45, 2.75) is 25.3 Å². The highest BCUT2D eigenvalue weighted by atomic mass is 35.5. The average molecular weight is 267 g/mol. The van der Waals surface area contributed by atoms with Crippen molar-refractivity contribution in [3.63, 3.8) is 0 Å². The molecule has 0 heterocycles. The third-order valence-electron chi connectivity index (χ3n) is 3.67. The van der Waals surface area contributed by atoms with Crippen molar-refractivity contribution in [2.24, 2.45) is 5.92 Å². The number of halogens is 1. The number of hydrogen-bond donors (Lipinski definition) is 1. The zero-order valence-corrected chi connectivity index (χ0v) is 12.1. The maximum Gasteiger partial charge on any atom is 0.0409 e. The Balaban J connectivity index is 1.84. The molecule has 18 heavy (non-hydrogen) atoms. The molecule has 0 radical (unpaired) electrons. The van der Waals surface area contributed by atoms with E-state index in [1.54, 1.807) is 0 Å². The fourth-order valence-electron chi connectivity index (χ4n) is 2.38. The highest BCUT2D eigenvalue weighted by molar-refractivity contribution is 6.30. The minimum absolute atomic E-state index is 0.394. The van der Waals surface area contributed by atoms with Crippen LogP contribution in [0.25, 0.3) is 0 Å². The number of nitrogens with one attached hydrogen (secondary N) is 1. The van der Waals surface area contributed by atoms with Gasteiger partial charge in [-0.05, 0) is 63.5 Å². The molecule has 2 nitrogen and oxygen atoms in total. The van der Waals surface area contributed by atoms with Crippen LogP contribution in [0.3, 0.4) is 0 Å². The fourth-order valence-corrected chi connectivity index (χ4v) is 2.58. The number of nitrogens with zero attached hydrogens (tertiary/aromatic N) is 1. The van der Waals surface area contributed by atoms with Crippen molar-refractivity contribution in [3.8, 4) is 0 Å². The molecule has 0 spiro atoms. The molecule has 1 saturated carbocycles. The molecule has 0 bridgehead atoms. The van der Waals surface area contributed by atoms with Gasteiger partial charge in [-0.25, -0.2) is 0 Å². The molecule has 100 valence electrons. The molecule has 1 N–H and O–H groups in total. The summed E-state index contributed by atoms with van der Waals surface area (Å²) in [6.45, 7) is 2.39. The van der Waals surface area contributed by atoms with Crippen molar-refractivity contribution in [3.05, 3.63) is 34.9 Å². The van der Waals surface area contributed by atoms with Crippen LogP contribution in [-0.2, 0) is 0 Å². The zero-order valence-electron chi connectivity index (χ0n) is 11.3. The molecule has 2 rings (SSSR count). The highest BCUT2D eigenvalue weighted by Gasteiger charge is 2.22. The van der Waals surface area contributed by atoms with Crippen LogP contribution in [0.1, 0.15) is 30.9 Å². The van der Waals surface area contributed by atoms with E-state index in [-0.39, 0.29) is 0 Å². The van der Waals surface area contributed by atoms with Crippen molar-refractivity contribution in [2.75, 3.05) is 27.2 Å². The SMILES string of the molecule is CNC(CCN(C)CC1CC1)c1cccc(Cl)c1. The van der Waals surface area contributed by atoms with E-state index in [2.05, 4.69) is 29.4 Å². The lowest BCUT2D eigenvalue weighted by atomic mass is 10.0. The van der Waals surface area contributed by atoms with Gasteiger partial charge in [0.25, 0.3) is 0 Å². The molecule has 0 saturated heterocycles. The van der Waals surface area contributed by atoms with E-state index in [1.807, 2.05) is 19.2 Å². The van der Waals surface area contributed by atoms with Crippen LogP contribution in [-0.4, -0.2) is 32.1 Å². The number of benzene rings is 1. The summed E-state index contributed by atoms with van der Waals surface area (Å²) in [5, 5.41) is 4.20. The normalized spacial score (nSPS) is 17.1. The molecule has 1 aliphatic carbocycles. The molecule has 0 aromatic heterocycles. The molecule has 1 atom stereocenters. The Hall–Kier alpha value is -0.570. The van der Waals surface area contributed by atoms with Crippen molar-refractivity contribution in [1.82, 2.24) is 10.2 Å². The Labute approximate surface area is 115 Å². The van der Waals surface area contributed by atoms with Crippen molar-refractivity contribution < 1.29 is 0 Å². The largest absolute Gasteiger partial charge is 0.313 e. The summed E-state index contributed by atoms with van der Waals surface area (Å²) in [5.74, 6) is 0.967. The summed E-state index contributed by atoms with van der Waals surface area (Å²) in [4.78, 5) is 2.45. The molecule has 1 aromatic carbocycles. The van der Waals surface area contributed by atoms with Gasteiger partial charge in [0, 0.05) is 17.6 Å². The molecular formula is C15H23ClN2. The minimum atomic E-state index is 0.394. The van der Waals surface area contributed by atoms with Gasteiger partial charge >= 0.3 is 0 Å². The molecule has 1 unspecified atom stereocenters. The second-order valence-electron chi connectivity index (χ2n) is 5.39. The molecule has 1 fully saturated rings. The van der Waals surface area contributed by atoms with Gasteiger partial charge in [-0.2, -0.15) is 0 Å². The first-order chi connectivity index (χ1) is 8.69. The van der Waals surface area contributed by atoms with Crippen LogP contribution in [0.2, 0.25) is 5.02 Å². The molecule has 1 aromatic rings. The van der Waals surface area contributed by atoms with Gasteiger partial charge in [-0.1, -0.05) is 23.7 Å². The van der Waals surface area contributed by atoms with E-state index < -0.39 is 0 Å². The first-order valence-corrected chi connectivity index (χ1v) is 7.18. The van der Waals surface area contributed by atoms with Crippen LogP contribution >= 0.6 is 11.6 Å².